The van der Waals surface area contributed by atoms with Crippen molar-refractivity contribution in [2.75, 3.05) is 57.4 Å². The number of aromatic nitrogens is 1. The summed E-state index contributed by atoms with van der Waals surface area (Å²) >= 11 is 0. The largest absolute Gasteiger partial charge is 0.378 e. The Morgan fingerprint density at radius 1 is 0.960 bits per heavy atom. The number of morpholine rings is 1. The third-order valence-electron chi connectivity index (χ3n) is 4.91. The van der Waals surface area contributed by atoms with Crippen molar-refractivity contribution in [3.63, 3.8) is 0 Å². The number of anilines is 1. The number of hydrogen-bond donors (Lipinski definition) is 0. The molecule has 25 heavy (non-hydrogen) atoms. The third-order valence-corrected chi connectivity index (χ3v) is 4.91. The SMILES string of the molecule is CC(C)(C(=O)N1CCOCC1)C(=O)N1CCN(c2ccccn2)CC1. The van der Waals surface area contributed by atoms with Crippen LogP contribution >= 0.6 is 0 Å². The molecule has 0 saturated carbocycles. The van der Waals surface area contributed by atoms with Crippen LogP contribution < -0.4 is 4.90 Å². The average molecular weight is 346 g/mol. The monoisotopic (exact) mass is 346 g/mol. The number of amides is 2. The Morgan fingerprint density at radius 3 is 2.12 bits per heavy atom. The lowest BCUT2D eigenvalue weighted by Crippen LogP contribution is -2.57. The molecule has 0 bridgehead atoms. The smallest absolute Gasteiger partial charge is 0.237 e. The van der Waals surface area contributed by atoms with Crippen LogP contribution in [0.1, 0.15) is 13.8 Å². The van der Waals surface area contributed by atoms with Gasteiger partial charge in [-0.15, -0.1) is 0 Å². The van der Waals surface area contributed by atoms with Gasteiger partial charge < -0.3 is 19.4 Å². The van der Waals surface area contributed by atoms with E-state index in [9.17, 15) is 9.59 Å². The van der Waals surface area contributed by atoms with Crippen molar-refractivity contribution >= 4 is 17.6 Å². The fourth-order valence-electron chi connectivity index (χ4n) is 3.33. The number of carbonyl (C=O) groups excluding carboxylic acids is 2. The van der Waals surface area contributed by atoms with Crippen molar-refractivity contribution in [1.82, 2.24) is 14.8 Å². The number of ether oxygens (including phenoxy) is 1. The molecule has 1 aromatic rings. The van der Waals surface area contributed by atoms with Crippen LogP contribution in [0.15, 0.2) is 24.4 Å². The minimum atomic E-state index is -1.04. The molecule has 0 aromatic carbocycles. The Kier molecular flexibility index (Phi) is 5.22. The van der Waals surface area contributed by atoms with E-state index < -0.39 is 5.41 Å². The normalized spacial score (nSPS) is 19.0. The summed E-state index contributed by atoms with van der Waals surface area (Å²) in [7, 11) is 0. The Balaban J connectivity index is 1.60. The highest BCUT2D eigenvalue weighted by Gasteiger charge is 2.42. The van der Waals surface area contributed by atoms with E-state index in [4.69, 9.17) is 4.74 Å². The van der Waals surface area contributed by atoms with Gasteiger partial charge in [0, 0.05) is 45.5 Å². The number of hydrogen-bond acceptors (Lipinski definition) is 5. The molecular formula is C18H26N4O3. The van der Waals surface area contributed by atoms with Crippen LogP contribution in [0, 0.1) is 5.41 Å². The van der Waals surface area contributed by atoms with Gasteiger partial charge >= 0.3 is 0 Å². The number of nitrogens with zero attached hydrogens (tertiary/aromatic N) is 4. The molecule has 0 N–H and O–H groups in total. The van der Waals surface area contributed by atoms with E-state index in [1.54, 1.807) is 29.8 Å². The molecule has 0 atom stereocenters. The molecule has 0 spiro atoms. The fourth-order valence-corrected chi connectivity index (χ4v) is 3.33. The van der Waals surface area contributed by atoms with E-state index in [0.717, 1.165) is 18.9 Å². The molecule has 2 amide bonds. The predicted octanol–water partition coefficient (Wildman–Crippen LogP) is 0.615. The minimum Gasteiger partial charge on any atom is -0.378 e. The summed E-state index contributed by atoms with van der Waals surface area (Å²) in [5.74, 6) is 0.732. The summed E-state index contributed by atoms with van der Waals surface area (Å²) in [5, 5.41) is 0. The van der Waals surface area contributed by atoms with Gasteiger partial charge in [-0.2, -0.15) is 0 Å². The molecule has 1 aromatic heterocycles. The van der Waals surface area contributed by atoms with Gasteiger partial charge in [0.05, 0.1) is 13.2 Å². The van der Waals surface area contributed by atoms with Gasteiger partial charge in [0.1, 0.15) is 11.2 Å². The van der Waals surface area contributed by atoms with Gasteiger partial charge in [0.25, 0.3) is 0 Å². The van der Waals surface area contributed by atoms with Gasteiger partial charge in [-0.25, -0.2) is 4.98 Å². The van der Waals surface area contributed by atoms with Crippen molar-refractivity contribution in [2.24, 2.45) is 5.41 Å². The molecule has 2 aliphatic rings. The molecule has 0 unspecified atom stereocenters. The predicted molar refractivity (Wildman–Crippen MR) is 94.2 cm³/mol. The lowest BCUT2D eigenvalue weighted by Gasteiger charge is -2.40. The van der Waals surface area contributed by atoms with E-state index in [0.29, 0.717) is 39.4 Å². The average Bonchev–Trinajstić information content (AvgIpc) is 2.68. The topological polar surface area (TPSA) is 66.0 Å². The second-order valence-electron chi connectivity index (χ2n) is 7.00. The van der Waals surface area contributed by atoms with Crippen LogP contribution in [-0.2, 0) is 14.3 Å². The maximum Gasteiger partial charge on any atom is 0.237 e. The number of pyridine rings is 1. The molecule has 2 saturated heterocycles. The minimum absolute atomic E-state index is 0.0929. The van der Waals surface area contributed by atoms with Crippen molar-refractivity contribution in [3.8, 4) is 0 Å². The number of piperazine rings is 1. The van der Waals surface area contributed by atoms with Crippen molar-refractivity contribution in [3.05, 3.63) is 24.4 Å². The molecule has 2 fully saturated rings. The zero-order chi connectivity index (χ0) is 17.9. The lowest BCUT2D eigenvalue weighted by atomic mass is 9.89. The molecule has 7 nitrogen and oxygen atoms in total. The van der Waals surface area contributed by atoms with Crippen LogP contribution in [0.5, 0.6) is 0 Å². The van der Waals surface area contributed by atoms with Crippen LogP contribution in [0.2, 0.25) is 0 Å². The van der Waals surface area contributed by atoms with E-state index in [2.05, 4.69) is 9.88 Å². The van der Waals surface area contributed by atoms with Gasteiger partial charge in [-0.05, 0) is 26.0 Å². The van der Waals surface area contributed by atoms with Gasteiger partial charge in [-0.3, -0.25) is 9.59 Å². The Labute approximate surface area is 148 Å². The molecule has 3 rings (SSSR count). The molecule has 2 aliphatic heterocycles. The molecule has 0 aliphatic carbocycles. The summed E-state index contributed by atoms with van der Waals surface area (Å²) in [4.78, 5) is 35.8. The number of carbonyl (C=O) groups is 2. The summed E-state index contributed by atoms with van der Waals surface area (Å²) in [5.41, 5.74) is -1.04. The zero-order valence-corrected chi connectivity index (χ0v) is 15.0. The molecule has 7 heteroatoms. The van der Waals surface area contributed by atoms with Crippen molar-refractivity contribution < 1.29 is 14.3 Å². The summed E-state index contributed by atoms with van der Waals surface area (Å²) < 4.78 is 5.29. The first-order valence-electron chi connectivity index (χ1n) is 8.82. The van der Waals surface area contributed by atoms with E-state index in [1.807, 2.05) is 18.2 Å². The van der Waals surface area contributed by atoms with Crippen LogP contribution in [0.4, 0.5) is 5.82 Å². The third kappa shape index (κ3) is 3.76. The summed E-state index contributed by atoms with van der Waals surface area (Å²) in [6.07, 6.45) is 1.77. The lowest BCUT2D eigenvalue weighted by molar-refractivity contribution is -0.156. The first-order chi connectivity index (χ1) is 12.0. The summed E-state index contributed by atoms with van der Waals surface area (Å²) in [6, 6.07) is 5.83. The first-order valence-corrected chi connectivity index (χ1v) is 8.82. The number of rotatable bonds is 3. The summed E-state index contributed by atoms with van der Waals surface area (Å²) in [6.45, 7) is 8.33. The van der Waals surface area contributed by atoms with Crippen molar-refractivity contribution in [2.45, 2.75) is 13.8 Å². The molecule has 3 heterocycles. The van der Waals surface area contributed by atoms with Gasteiger partial charge in [-0.1, -0.05) is 6.07 Å². The molecular weight excluding hydrogens is 320 g/mol. The molecule has 136 valence electrons. The van der Waals surface area contributed by atoms with E-state index >= 15 is 0 Å². The van der Waals surface area contributed by atoms with E-state index in [1.165, 1.54) is 0 Å². The van der Waals surface area contributed by atoms with Crippen LogP contribution in [-0.4, -0.2) is 79.1 Å². The Morgan fingerprint density at radius 2 is 1.56 bits per heavy atom. The second kappa shape index (κ2) is 7.39. The quantitative estimate of drug-likeness (QED) is 0.751. The van der Waals surface area contributed by atoms with Crippen molar-refractivity contribution in [1.29, 1.82) is 0 Å². The highest BCUT2D eigenvalue weighted by atomic mass is 16.5. The van der Waals surface area contributed by atoms with Crippen LogP contribution in [0.3, 0.4) is 0 Å². The fraction of sp³-hybridized carbons (Fsp3) is 0.611. The second-order valence-corrected chi connectivity index (χ2v) is 7.00. The van der Waals surface area contributed by atoms with Crippen LogP contribution in [0.25, 0.3) is 0 Å². The maximum atomic E-state index is 13.0. The Hall–Kier alpha value is -2.15. The highest BCUT2D eigenvalue weighted by molar-refractivity contribution is 6.04. The maximum absolute atomic E-state index is 13.0. The standard InChI is InChI=1S/C18H26N4O3/c1-18(2,17(24)22-11-13-25-14-12-22)16(23)21-9-7-20(8-10-21)15-5-3-4-6-19-15/h3-6H,7-14H2,1-2H3. The first kappa shape index (κ1) is 17.7. The van der Waals surface area contributed by atoms with Gasteiger partial charge in [0.2, 0.25) is 11.8 Å². The highest BCUT2D eigenvalue weighted by Crippen LogP contribution is 2.24. The van der Waals surface area contributed by atoms with Gasteiger partial charge in [0.15, 0.2) is 0 Å². The molecule has 0 radical (unpaired) electrons. The van der Waals surface area contributed by atoms with E-state index in [-0.39, 0.29) is 11.8 Å². The Bertz CT molecular complexity index is 606. The zero-order valence-electron chi connectivity index (χ0n) is 15.0.